The van der Waals surface area contributed by atoms with Gasteiger partial charge in [-0.1, -0.05) is 132 Å². The van der Waals surface area contributed by atoms with Crippen LogP contribution in [0.4, 0.5) is 0 Å². The van der Waals surface area contributed by atoms with Crippen LogP contribution < -0.4 is 19.2 Å². The molecule has 2 nitrogen and oxygen atoms in total. The van der Waals surface area contributed by atoms with E-state index >= 15 is 0 Å². The summed E-state index contributed by atoms with van der Waals surface area (Å²) in [5.74, 6) is 2.03. The van der Waals surface area contributed by atoms with Gasteiger partial charge < -0.3 is 8.85 Å². The van der Waals surface area contributed by atoms with Gasteiger partial charge in [0.2, 0.25) is 0 Å². The maximum Gasteiger partial charge on any atom is 0.282 e. The van der Waals surface area contributed by atoms with Gasteiger partial charge >= 0.3 is 0 Å². The quantitative estimate of drug-likeness (QED) is 0.118. The second kappa shape index (κ2) is 12.0. The molecule has 0 aliphatic carbocycles. The lowest BCUT2D eigenvalue weighted by Gasteiger charge is -2.34. The second-order valence-electron chi connectivity index (χ2n) is 10.8. The standard InChI is InChI=1S/C36H42O2Si2/c1-6-28-25-26-33-34(27-28)36(38-40(9-4,10-5)30-21-15-12-16-22-30)32-24-18-17-23-31(32)35(33)37-39(7-2,8-3)29-19-13-11-14-20-29/h11-27H,6-10H2,1-5H3. The van der Waals surface area contributed by atoms with Crippen molar-refractivity contribution in [2.45, 2.75) is 65.2 Å². The third-order valence-electron chi connectivity index (χ3n) is 8.88. The number of fused-ring (bicyclic) bond motifs is 2. The summed E-state index contributed by atoms with van der Waals surface area (Å²) in [6, 6.07) is 41.5. The largest absolute Gasteiger partial charge is 0.538 e. The Morgan fingerprint density at radius 2 is 0.850 bits per heavy atom. The van der Waals surface area contributed by atoms with E-state index in [4.69, 9.17) is 8.85 Å². The minimum atomic E-state index is -2.29. The summed E-state index contributed by atoms with van der Waals surface area (Å²) in [6.45, 7) is 11.4. The molecule has 0 spiro atoms. The molecular formula is C36H42O2Si2. The van der Waals surface area contributed by atoms with E-state index in [0.29, 0.717) is 0 Å². The third kappa shape index (κ3) is 4.99. The molecule has 4 heteroatoms. The molecule has 0 bridgehead atoms. The summed E-state index contributed by atoms with van der Waals surface area (Å²) in [4.78, 5) is 0. The minimum absolute atomic E-state index is 0.980. The van der Waals surface area contributed by atoms with E-state index in [-0.39, 0.29) is 0 Å². The Morgan fingerprint density at radius 1 is 0.450 bits per heavy atom. The molecule has 0 atom stereocenters. The molecule has 0 radical (unpaired) electrons. The van der Waals surface area contributed by atoms with Crippen molar-refractivity contribution in [1.82, 2.24) is 0 Å². The van der Waals surface area contributed by atoms with Gasteiger partial charge in [0.25, 0.3) is 16.6 Å². The predicted octanol–water partition coefficient (Wildman–Crippen LogP) is 9.10. The topological polar surface area (TPSA) is 18.5 Å². The summed E-state index contributed by atoms with van der Waals surface area (Å²) >= 11 is 0. The van der Waals surface area contributed by atoms with E-state index in [9.17, 15) is 0 Å². The van der Waals surface area contributed by atoms with Crippen molar-refractivity contribution in [3.63, 3.8) is 0 Å². The van der Waals surface area contributed by atoms with Crippen LogP contribution >= 0.6 is 0 Å². The first kappa shape index (κ1) is 28.2. The highest BCUT2D eigenvalue weighted by Crippen LogP contribution is 2.45. The average molecular weight is 563 g/mol. The number of aryl methyl sites for hydroxylation is 1. The predicted molar refractivity (Wildman–Crippen MR) is 178 cm³/mol. The molecule has 0 aliphatic rings. The minimum Gasteiger partial charge on any atom is -0.538 e. The molecular weight excluding hydrogens is 521 g/mol. The van der Waals surface area contributed by atoms with Crippen LogP contribution in [0.1, 0.15) is 40.2 Å². The molecule has 0 heterocycles. The Morgan fingerprint density at radius 3 is 1.27 bits per heavy atom. The summed E-state index contributed by atoms with van der Waals surface area (Å²) in [5.41, 5.74) is 1.32. The second-order valence-corrected chi connectivity index (χ2v) is 19.1. The molecule has 0 fully saturated rings. The van der Waals surface area contributed by atoms with Crippen LogP contribution in [0.25, 0.3) is 21.5 Å². The Kier molecular flexibility index (Phi) is 8.48. The van der Waals surface area contributed by atoms with Gasteiger partial charge in [0, 0.05) is 21.5 Å². The van der Waals surface area contributed by atoms with Gasteiger partial charge in [-0.3, -0.25) is 0 Å². The molecule has 0 aromatic heterocycles. The van der Waals surface area contributed by atoms with Crippen molar-refractivity contribution in [3.8, 4) is 11.5 Å². The van der Waals surface area contributed by atoms with Crippen LogP contribution in [0, 0.1) is 0 Å². The Hall–Kier alpha value is -3.35. The van der Waals surface area contributed by atoms with Crippen molar-refractivity contribution < 1.29 is 8.85 Å². The molecule has 0 saturated carbocycles. The molecule has 40 heavy (non-hydrogen) atoms. The monoisotopic (exact) mass is 562 g/mol. The van der Waals surface area contributed by atoms with Crippen molar-refractivity contribution in [2.75, 3.05) is 0 Å². The van der Waals surface area contributed by atoms with Crippen LogP contribution in [-0.4, -0.2) is 16.6 Å². The van der Waals surface area contributed by atoms with Crippen LogP contribution in [0.15, 0.2) is 103 Å². The maximum atomic E-state index is 7.43. The Bertz CT molecular complexity index is 1570. The van der Waals surface area contributed by atoms with Gasteiger partial charge in [-0.25, -0.2) is 0 Å². The average Bonchev–Trinajstić information content (AvgIpc) is 3.04. The molecule has 5 aromatic carbocycles. The lowest BCUT2D eigenvalue weighted by molar-refractivity contribution is 0.551. The molecule has 0 aliphatic heterocycles. The lowest BCUT2D eigenvalue weighted by Crippen LogP contribution is -2.53. The zero-order chi connectivity index (χ0) is 28.2. The van der Waals surface area contributed by atoms with Crippen molar-refractivity contribution in [2.24, 2.45) is 0 Å². The highest BCUT2D eigenvalue weighted by Gasteiger charge is 2.39. The van der Waals surface area contributed by atoms with E-state index in [1.807, 2.05) is 0 Å². The molecule has 0 amide bonds. The highest BCUT2D eigenvalue weighted by molar-refractivity contribution is 6.87. The summed E-state index contributed by atoms with van der Waals surface area (Å²) in [5, 5.41) is 7.34. The van der Waals surface area contributed by atoms with Gasteiger partial charge in [0.05, 0.1) is 0 Å². The molecule has 206 valence electrons. The fraction of sp³-hybridized carbons (Fsp3) is 0.278. The van der Waals surface area contributed by atoms with Gasteiger partial charge in [0.15, 0.2) is 0 Å². The number of hydrogen-bond acceptors (Lipinski definition) is 2. The zero-order valence-corrected chi connectivity index (χ0v) is 26.7. The van der Waals surface area contributed by atoms with Crippen molar-refractivity contribution in [1.29, 1.82) is 0 Å². The Labute approximate surface area is 242 Å². The fourth-order valence-electron chi connectivity index (χ4n) is 6.18. The normalized spacial score (nSPS) is 12.1. The number of hydrogen-bond donors (Lipinski definition) is 0. The van der Waals surface area contributed by atoms with Crippen LogP contribution in [-0.2, 0) is 6.42 Å². The molecule has 0 N–H and O–H groups in total. The number of rotatable bonds is 11. The van der Waals surface area contributed by atoms with Gasteiger partial charge in [0.1, 0.15) is 11.5 Å². The molecule has 5 aromatic rings. The van der Waals surface area contributed by atoms with E-state index in [1.165, 1.54) is 21.3 Å². The highest BCUT2D eigenvalue weighted by atomic mass is 28.4. The smallest absolute Gasteiger partial charge is 0.282 e. The van der Waals surface area contributed by atoms with Gasteiger partial charge in [-0.2, -0.15) is 0 Å². The SMILES string of the molecule is CCc1ccc2c(O[Si](CC)(CC)c3ccccc3)c3ccccc3c(O[Si](CC)(CC)c3ccccc3)c2c1. The van der Waals surface area contributed by atoms with E-state index in [1.54, 1.807) is 0 Å². The zero-order valence-electron chi connectivity index (χ0n) is 24.7. The summed E-state index contributed by atoms with van der Waals surface area (Å²) in [7, 11) is -4.56. The fourth-order valence-corrected chi connectivity index (χ4v) is 12.5. The molecule has 0 unspecified atom stereocenters. The first-order valence-electron chi connectivity index (χ1n) is 15.0. The van der Waals surface area contributed by atoms with Crippen molar-refractivity contribution >= 4 is 48.6 Å². The van der Waals surface area contributed by atoms with E-state index < -0.39 is 16.6 Å². The van der Waals surface area contributed by atoms with Gasteiger partial charge in [-0.05, 0) is 52.6 Å². The molecule has 5 rings (SSSR count). The van der Waals surface area contributed by atoms with Crippen molar-refractivity contribution in [3.05, 3.63) is 109 Å². The third-order valence-corrected chi connectivity index (χ3v) is 17.4. The summed E-state index contributed by atoms with van der Waals surface area (Å²) < 4.78 is 14.8. The maximum absolute atomic E-state index is 7.43. The van der Waals surface area contributed by atoms with Gasteiger partial charge in [-0.15, -0.1) is 0 Å². The Balaban J connectivity index is 1.80. The first-order valence-corrected chi connectivity index (χ1v) is 19.7. The number of benzene rings is 5. The van der Waals surface area contributed by atoms with E-state index in [2.05, 4.69) is 138 Å². The first-order chi connectivity index (χ1) is 19.5. The lowest BCUT2D eigenvalue weighted by atomic mass is 9.98. The van der Waals surface area contributed by atoms with Crippen LogP contribution in [0.5, 0.6) is 11.5 Å². The summed E-state index contributed by atoms with van der Waals surface area (Å²) in [6.07, 6.45) is 0.980. The van der Waals surface area contributed by atoms with Crippen LogP contribution in [0.3, 0.4) is 0 Å². The van der Waals surface area contributed by atoms with E-state index in [0.717, 1.165) is 58.3 Å². The van der Waals surface area contributed by atoms with Crippen LogP contribution in [0.2, 0.25) is 24.2 Å². The molecule has 0 saturated heterocycles.